The number of ether oxygens (including phenoxy) is 2. The second-order valence-corrected chi connectivity index (χ2v) is 7.27. The van der Waals surface area contributed by atoms with Crippen LogP contribution in [-0.2, 0) is 29.8 Å². The Labute approximate surface area is 175 Å². The van der Waals surface area contributed by atoms with Crippen LogP contribution >= 0.6 is 27.5 Å². The number of nitrogens with zero attached hydrogens (tertiary/aromatic N) is 3. The number of aromatic nitrogens is 3. The number of hydrogen-bond donors (Lipinski definition) is 1. The summed E-state index contributed by atoms with van der Waals surface area (Å²) in [6.07, 6.45) is 0. The first-order valence-electron chi connectivity index (χ1n) is 8.40. The predicted molar refractivity (Wildman–Crippen MR) is 109 cm³/mol. The number of halogens is 2. The van der Waals surface area contributed by atoms with Gasteiger partial charge in [0, 0.05) is 22.2 Å². The van der Waals surface area contributed by atoms with E-state index >= 15 is 0 Å². The van der Waals surface area contributed by atoms with Crippen LogP contribution in [0.2, 0.25) is 5.02 Å². The van der Waals surface area contributed by atoms with E-state index in [1.165, 1.54) is 0 Å². The molecular formula is C19H18BrClN4O3. The zero-order valence-corrected chi connectivity index (χ0v) is 17.4. The van der Waals surface area contributed by atoms with E-state index < -0.39 is 0 Å². The van der Waals surface area contributed by atoms with Crippen LogP contribution in [0.1, 0.15) is 11.4 Å². The van der Waals surface area contributed by atoms with E-state index in [1.807, 2.05) is 36.4 Å². The van der Waals surface area contributed by atoms with Gasteiger partial charge in [0.15, 0.2) is 12.4 Å². The number of hydrogen-bond acceptors (Lipinski definition) is 5. The second-order valence-electron chi connectivity index (χ2n) is 5.92. The van der Waals surface area contributed by atoms with Gasteiger partial charge in [0.1, 0.15) is 6.61 Å². The van der Waals surface area contributed by atoms with Gasteiger partial charge in [-0.05, 0) is 42.0 Å². The molecule has 0 saturated heterocycles. The Morgan fingerprint density at radius 1 is 1.11 bits per heavy atom. The lowest BCUT2D eigenvalue weighted by Gasteiger charge is -2.08. The van der Waals surface area contributed by atoms with E-state index in [-0.39, 0.29) is 25.1 Å². The molecule has 0 saturated carbocycles. The number of carbonyl (C=O) groups excluding carboxylic acids is 1. The molecule has 0 bridgehead atoms. The maximum absolute atomic E-state index is 12.0. The molecule has 0 aliphatic heterocycles. The van der Waals surface area contributed by atoms with Crippen LogP contribution in [0, 0.1) is 0 Å². The average molecular weight is 466 g/mol. The Bertz CT molecular complexity index is 929. The lowest BCUT2D eigenvalue weighted by atomic mass is 10.2. The summed E-state index contributed by atoms with van der Waals surface area (Å²) in [6, 6.07) is 14.9. The number of benzene rings is 2. The van der Waals surface area contributed by atoms with Gasteiger partial charge >= 0.3 is 6.01 Å². The van der Waals surface area contributed by atoms with Crippen molar-refractivity contribution in [3.8, 4) is 6.01 Å². The standard InChI is InChI=1S/C19H18BrClN4O3/c1-25-17(11-27-10-13-2-6-15(21)7-3-13)23-24-19(25)28-12-18(26)22-16-8-4-14(20)5-9-16/h2-9H,10-12H2,1H3,(H,22,26). The summed E-state index contributed by atoms with van der Waals surface area (Å²) in [4.78, 5) is 12.0. The van der Waals surface area contributed by atoms with E-state index in [4.69, 9.17) is 21.1 Å². The van der Waals surface area contributed by atoms with Crippen LogP contribution in [0.5, 0.6) is 6.01 Å². The monoisotopic (exact) mass is 464 g/mol. The minimum atomic E-state index is -0.286. The molecule has 0 radical (unpaired) electrons. The van der Waals surface area contributed by atoms with Crippen LogP contribution < -0.4 is 10.1 Å². The van der Waals surface area contributed by atoms with Crippen molar-refractivity contribution in [1.82, 2.24) is 14.8 Å². The highest BCUT2D eigenvalue weighted by Gasteiger charge is 2.12. The third-order valence-electron chi connectivity index (χ3n) is 3.80. The zero-order chi connectivity index (χ0) is 19.9. The van der Waals surface area contributed by atoms with Gasteiger partial charge in [0.25, 0.3) is 5.91 Å². The van der Waals surface area contributed by atoms with Crippen molar-refractivity contribution in [1.29, 1.82) is 0 Å². The third-order valence-corrected chi connectivity index (χ3v) is 4.58. The molecule has 0 aliphatic rings. The van der Waals surface area contributed by atoms with Crippen molar-refractivity contribution in [2.45, 2.75) is 13.2 Å². The van der Waals surface area contributed by atoms with E-state index in [1.54, 1.807) is 23.7 Å². The quantitative estimate of drug-likeness (QED) is 0.545. The molecule has 9 heteroatoms. The maximum atomic E-state index is 12.0. The van der Waals surface area contributed by atoms with Crippen molar-refractivity contribution in [2.24, 2.45) is 7.05 Å². The summed E-state index contributed by atoms with van der Waals surface area (Å²) >= 11 is 9.21. The molecule has 0 unspecified atom stereocenters. The molecule has 1 N–H and O–H groups in total. The van der Waals surface area contributed by atoms with Gasteiger partial charge in [0.2, 0.25) is 0 Å². The lowest BCUT2D eigenvalue weighted by molar-refractivity contribution is -0.118. The summed E-state index contributed by atoms with van der Waals surface area (Å²) < 4.78 is 13.7. The van der Waals surface area contributed by atoms with Crippen molar-refractivity contribution in [2.75, 3.05) is 11.9 Å². The average Bonchev–Trinajstić information content (AvgIpc) is 3.03. The molecule has 1 amide bonds. The third kappa shape index (κ3) is 5.79. The highest BCUT2D eigenvalue weighted by atomic mass is 79.9. The van der Waals surface area contributed by atoms with E-state index in [0.717, 1.165) is 10.0 Å². The first kappa shape index (κ1) is 20.3. The largest absolute Gasteiger partial charge is 0.453 e. The van der Waals surface area contributed by atoms with Crippen LogP contribution in [-0.4, -0.2) is 27.3 Å². The normalized spacial score (nSPS) is 10.7. The fraction of sp³-hybridized carbons (Fsp3) is 0.211. The van der Waals surface area contributed by atoms with Gasteiger partial charge in [-0.25, -0.2) is 0 Å². The van der Waals surface area contributed by atoms with Gasteiger partial charge in [0.05, 0.1) is 6.61 Å². The van der Waals surface area contributed by atoms with Gasteiger partial charge in [-0.1, -0.05) is 44.8 Å². The molecule has 28 heavy (non-hydrogen) atoms. The Morgan fingerprint density at radius 3 is 2.54 bits per heavy atom. The topological polar surface area (TPSA) is 78.3 Å². The summed E-state index contributed by atoms with van der Waals surface area (Å²) in [7, 11) is 1.75. The van der Waals surface area contributed by atoms with Crippen LogP contribution in [0.4, 0.5) is 5.69 Å². The van der Waals surface area contributed by atoms with Crippen LogP contribution in [0.25, 0.3) is 0 Å². The zero-order valence-electron chi connectivity index (χ0n) is 15.1. The van der Waals surface area contributed by atoms with Crippen molar-refractivity contribution < 1.29 is 14.3 Å². The molecule has 0 fully saturated rings. The Balaban J connectivity index is 1.46. The Hall–Kier alpha value is -2.42. The highest BCUT2D eigenvalue weighted by Crippen LogP contribution is 2.15. The van der Waals surface area contributed by atoms with Gasteiger partial charge < -0.3 is 14.8 Å². The smallest absolute Gasteiger partial charge is 0.317 e. The highest BCUT2D eigenvalue weighted by molar-refractivity contribution is 9.10. The minimum Gasteiger partial charge on any atom is -0.453 e. The molecule has 3 rings (SSSR count). The Morgan fingerprint density at radius 2 is 1.82 bits per heavy atom. The fourth-order valence-electron chi connectivity index (χ4n) is 2.30. The summed E-state index contributed by atoms with van der Waals surface area (Å²) in [5.74, 6) is 0.308. The molecular weight excluding hydrogens is 448 g/mol. The van der Waals surface area contributed by atoms with Crippen LogP contribution in [0.15, 0.2) is 53.0 Å². The Kier molecular flexibility index (Phi) is 7.02. The number of amides is 1. The summed E-state index contributed by atoms with van der Waals surface area (Å²) in [5, 5.41) is 11.4. The number of rotatable bonds is 8. The molecule has 0 spiro atoms. The molecule has 146 valence electrons. The first-order chi connectivity index (χ1) is 13.5. The number of nitrogens with one attached hydrogen (secondary N) is 1. The summed E-state index contributed by atoms with van der Waals surface area (Å²) in [6.45, 7) is 0.518. The predicted octanol–water partition coefficient (Wildman–Crippen LogP) is 3.97. The molecule has 7 nitrogen and oxygen atoms in total. The second kappa shape index (κ2) is 9.68. The molecule has 2 aromatic carbocycles. The molecule has 3 aromatic rings. The molecule has 1 aromatic heterocycles. The van der Waals surface area contributed by atoms with E-state index in [2.05, 4.69) is 31.4 Å². The molecule has 1 heterocycles. The SMILES string of the molecule is Cn1c(COCc2ccc(Cl)cc2)nnc1OCC(=O)Nc1ccc(Br)cc1. The first-order valence-corrected chi connectivity index (χ1v) is 9.57. The van der Waals surface area contributed by atoms with Crippen LogP contribution in [0.3, 0.4) is 0 Å². The number of anilines is 1. The van der Waals surface area contributed by atoms with E-state index in [0.29, 0.717) is 23.1 Å². The van der Waals surface area contributed by atoms with Crippen molar-refractivity contribution in [3.05, 3.63) is 69.4 Å². The van der Waals surface area contributed by atoms with Gasteiger partial charge in [-0.2, -0.15) is 0 Å². The fourth-order valence-corrected chi connectivity index (χ4v) is 2.69. The van der Waals surface area contributed by atoms with Gasteiger partial charge in [-0.15, -0.1) is 5.10 Å². The van der Waals surface area contributed by atoms with Crippen molar-refractivity contribution >= 4 is 39.1 Å². The maximum Gasteiger partial charge on any atom is 0.317 e. The molecule has 0 aliphatic carbocycles. The summed E-state index contributed by atoms with van der Waals surface area (Å²) in [5.41, 5.74) is 1.69. The van der Waals surface area contributed by atoms with Gasteiger partial charge in [-0.3, -0.25) is 9.36 Å². The number of carbonyl (C=O) groups is 1. The van der Waals surface area contributed by atoms with Crippen molar-refractivity contribution in [3.63, 3.8) is 0 Å². The molecule has 0 atom stereocenters. The van der Waals surface area contributed by atoms with E-state index in [9.17, 15) is 4.79 Å². The minimum absolute atomic E-state index is 0.173. The lowest BCUT2D eigenvalue weighted by Crippen LogP contribution is -2.21.